The fourth-order valence-corrected chi connectivity index (χ4v) is 2.61. The summed E-state index contributed by atoms with van der Waals surface area (Å²) >= 11 is 0. The topological polar surface area (TPSA) is 73.8 Å². The molecule has 112 valence electrons. The lowest BCUT2D eigenvalue weighted by atomic mass is 10.4. The molecule has 0 spiro atoms. The lowest BCUT2D eigenvalue weighted by Gasteiger charge is -2.20. The number of likely N-dealkylation sites (tertiary alicyclic amines) is 1. The molecule has 0 bridgehead atoms. The minimum Gasteiger partial charge on any atom is -0.357 e. The van der Waals surface area contributed by atoms with Crippen molar-refractivity contribution in [1.29, 1.82) is 0 Å². The minimum atomic E-state index is -3.07. The molecule has 0 unspecified atom stereocenters. The summed E-state index contributed by atoms with van der Waals surface area (Å²) in [5, 5.41) is 3.28. The number of guanidine groups is 1. The van der Waals surface area contributed by atoms with Gasteiger partial charge in [-0.15, -0.1) is 0 Å². The van der Waals surface area contributed by atoms with Gasteiger partial charge in [-0.1, -0.05) is 0 Å². The molecule has 0 aliphatic carbocycles. The van der Waals surface area contributed by atoms with E-state index < -0.39 is 10.0 Å². The maximum Gasteiger partial charge on any atom is 0.211 e. The summed E-state index contributed by atoms with van der Waals surface area (Å²) < 4.78 is 25.0. The lowest BCUT2D eigenvalue weighted by Crippen LogP contribution is -2.39. The molecule has 1 saturated heterocycles. The minimum absolute atomic E-state index is 0.132. The van der Waals surface area contributed by atoms with Crippen LogP contribution in [0.25, 0.3) is 0 Å². The molecule has 0 atom stereocenters. The summed E-state index contributed by atoms with van der Waals surface area (Å²) in [6, 6.07) is 0. The van der Waals surface area contributed by atoms with Crippen molar-refractivity contribution in [3.63, 3.8) is 0 Å². The van der Waals surface area contributed by atoms with Crippen molar-refractivity contribution in [3.8, 4) is 0 Å². The summed E-state index contributed by atoms with van der Waals surface area (Å²) in [5.74, 6) is 1.09. The largest absolute Gasteiger partial charge is 0.357 e. The Morgan fingerprint density at radius 3 is 2.53 bits per heavy atom. The van der Waals surface area contributed by atoms with E-state index in [9.17, 15) is 8.42 Å². The van der Waals surface area contributed by atoms with Crippen LogP contribution in [0.15, 0.2) is 4.99 Å². The molecule has 2 N–H and O–H groups in total. The van der Waals surface area contributed by atoms with E-state index in [2.05, 4.69) is 26.9 Å². The van der Waals surface area contributed by atoms with Crippen LogP contribution in [-0.2, 0) is 10.0 Å². The normalized spacial score (nSPS) is 16.9. The molecular weight excluding hydrogens is 264 g/mol. The van der Waals surface area contributed by atoms with Gasteiger partial charge >= 0.3 is 0 Å². The van der Waals surface area contributed by atoms with Gasteiger partial charge < -0.3 is 10.2 Å². The van der Waals surface area contributed by atoms with Crippen molar-refractivity contribution in [2.45, 2.75) is 33.1 Å². The van der Waals surface area contributed by atoms with E-state index in [0.29, 0.717) is 13.1 Å². The van der Waals surface area contributed by atoms with E-state index in [1.165, 1.54) is 12.8 Å². The van der Waals surface area contributed by atoms with Gasteiger partial charge in [0.2, 0.25) is 10.0 Å². The number of aliphatic imine (C=N–C) groups is 1. The van der Waals surface area contributed by atoms with Crippen LogP contribution in [0.5, 0.6) is 0 Å². The average molecular weight is 290 g/mol. The molecule has 6 nitrogen and oxygen atoms in total. The lowest BCUT2D eigenvalue weighted by molar-refractivity contribution is 0.493. The standard InChI is InChI=1S/C12H26N4O2S/c1-3-13-12(16-10-5-6-11-16)14-8-7-9-15-19(17,18)4-2/h15H,3-11H2,1-2H3,(H,13,14). The van der Waals surface area contributed by atoms with Crippen molar-refractivity contribution in [3.05, 3.63) is 0 Å². The first-order valence-electron chi connectivity index (χ1n) is 7.09. The molecule has 19 heavy (non-hydrogen) atoms. The smallest absolute Gasteiger partial charge is 0.211 e. The predicted molar refractivity (Wildman–Crippen MR) is 78.9 cm³/mol. The van der Waals surface area contributed by atoms with Crippen molar-refractivity contribution < 1.29 is 8.42 Å². The van der Waals surface area contributed by atoms with E-state index in [1.54, 1.807) is 6.92 Å². The van der Waals surface area contributed by atoms with Crippen LogP contribution in [0.1, 0.15) is 33.1 Å². The molecule has 0 amide bonds. The van der Waals surface area contributed by atoms with Crippen LogP contribution < -0.4 is 10.0 Å². The van der Waals surface area contributed by atoms with E-state index >= 15 is 0 Å². The van der Waals surface area contributed by atoms with Crippen LogP contribution >= 0.6 is 0 Å². The summed E-state index contributed by atoms with van der Waals surface area (Å²) in [4.78, 5) is 6.80. The monoisotopic (exact) mass is 290 g/mol. The highest BCUT2D eigenvalue weighted by atomic mass is 32.2. The SMILES string of the molecule is CCNC(=NCCCNS(=O)(=O)CC)N1CCCC1. The number of hydrogen-bond donors (Lipinski definition) is 2. The first-order valence-corrected chi connectivity index (χ1v) is 8.75. The van der Waals surface area contributed by atoms with Gasteiger partial charge in [-0.2, -0.15) is 0 Å². The van der Waals surface area contributed by atoms with Crippen molar-refractivity contribution in [2.75, 3.05) is 38.5 Å². The molecule has 0 radical (unpaired) electrons. The summed E-state index contributed by atoms with van der Waals surface area (Å²) in [6.45, 7) is 7.78. The fraction of sp³-hybridized carbons (Fsp3) is 0.917. The Balaban J connectivity index is 2.31. The second-order valence-corrected chi connectivity index (χ2v) is 6.68. The summed E-state index contributed by atoms with van der Waals surface area (Å²) in [6.07, 6.45) is 3.17. The Bertz CT molecular complexity index is 375. The summed E-state index contributed by atoms with van der Waals surface area (Å²) in [7, 11) is -3.07. The Morgan fingerprint density at radius 1 is 1.26 bits per heavy atom. The zero-order chi connectivity index (χ0) is 14.1. The average Bonchev–Trinajstić information content (AvgIpc) is 2.91. The highest BCUT2D eigenvalue weighted by molar-refractivity contribution is 7.89. The van der Waals surface area contributed by atoms with Gasteiger partial charge in [0, 0.05) is 32.7 Å². The second kappa shape index (κ2) is 8.37. The second-order valence-electron chi connectivity index (χ2n) is 4.58. The van der Waals surface area contributed by atoms with E-state index in [1.807, 2.05) is 0 Å². The maximum atomic E-state index is 11.2. The number of hydrogen-bond acceptors (Lipinski definition) is 3. The number of nitrogens with zero attached hydrogens (tertiary/aromatic N) is 2. The molecule has 1 aliphatic heterocycles. The van der Waals surface area contributed by atoms with E-state index in [4.69, 9.17) is 0 Å². The third kappa shape index (κ3) is 6.24. The molecule has 0 saturated carbocycles. The van der Waals surface area contributed by atoms with Gasteiger partial charge in [0.1, 0.15) is 0 Å². The van der Waals surface area contributed by atoms with Gasteiger partial charge in [-0.3, -0.25) is 4.99 Å². The third-order valence-electron chi connectivity index (χ3n) is 3.04. The zero-order valence-corrected chi connectivity index (χ0v) is 12.8. The maximum absolute atomic E-state index is 11.2. The first-order chi connectivity index (χ1) is 9.09. The molecule has 1 aliphatic rings. The quantitative estimate of drug-likeness (QED) is 0.404. The Hall–Kier alpha value is -0.820. The van der Waals surface area contributed by atoms with Gasteiger partial charge in [0.05, 0.1) is 5.75 Å². The molecule has 0 aromatic rings. The van der Waals surface area contributed by atoms with Crippen molar-refractivity contribution in [1.82, 2.24) is 14.9 Å². The van der Waals surface area contributed by atoms with Crippen molar-refractivity contribution >= 4 is 16.0 Å². The van der Waals surface area contributed by atoms with E-state index in [-0.39, 0.29) is 5.75 Å². The van der Waals surface area contributed by atoms with Crippen LogP contribution in [-0.4, -0.2) is 57.8 Å². The Kier molecular flexibility index (Phi) is 7.15. The molecule has 1 fully saturated rings. The molecule has 1 heterocycles. The molecular formula is C12H26N4O2S. The van der Waals surface area contributed by atoms with Gasteiger partial charge in [-0.25, -0.2) is 13.1 Å². The zero-order valence-electron chi connectivity index (χ0n) is 12.0. The third-order valence-corrected chi connectivity index (χ3v) is 4.44. The molecule has 0 aromatic carbocycles. The van der Waals surface area contributed by atoms with Crippen LogP contribution in [0.4, 0.5) is 0 Å². The van der Waals surface area contributed by atoms with Crippen LogP contribution in [0, 0.1) is 0 Å². The highest BCUT2D eigenvalue weighted by Gasteiger charge is 2.15. The Morgan fingerprint density at radius 2 is 1.95 bits per heavy atom. The Labute approximate surface area is 116 Å². The van der Waals surface area contributed by atoms with Crippen LogP contribution in [0.2, 0.25) is 0 Å². The molecule has 1 rings (SSSR count). The van der Waals surface area contributed by atoms with Gasteiger partial charge in [0.15, 0.2) is 5.96 Å². The van der Waals surface area contributed by atoms with Gasteiger partial charge in [-0.05, 0) is 33.1 Å². The van der Waals surface area contributed by atoms with Crippen LogP contribution in [0.3, 0.4) is 0 Å². The highest BCUT2D eigenvalue weighted by Crippen LogP contribution is 2.07. The first kappa shape index (κ1) is 16.2. The number of nitrogens with one attached hydrogen (secondary N) is 2. The number of sulfonamides is 1. The van der Waals surface area contributed by atoms with Crippen molar-refractivity contribution in [2.24, 2.45) is 4.99 Å². The summed E-state index contributed by atoms with van der Waals surface area (Å²) in [5.41, 5.74) is 0. The van der Waals surface area contributed by atoms with Gasteiger partial charge in [0.25, 0.3) is 0 Å². The number of rotatable bonds is 7. The molecule has 0 aromatic heterocycles. The molecule has 7 heteroatoms. The predicted octanol–water partition coefficient (Wildman–Crippen LogP) is 0.377. The fourth-order valence-electron chi connectivity index (χ4n) is 1.95. The van der Waals surface area contributed by atoms with E-state index in [0.717, 1.165) is 32.0 Å².